The Morgan fingerprint density at radius 2 is 2.64 bits per heavy atom. The number of hydrogen-bond acceptors (Lipinski definition) is 3. The van der Waals surface area contributed by atoms with Gasteiger partial charge in [-0.05, 0) is 12.5 Å². The van der Waals surface area contributed by atoms with Gasteiger partial charge in [0.15, 0.2) is 0 Å². The van der Waals surface area contributed by atoms with Gasteiger partial charge in [0, 0.05) is 18.5 Å². The van der Waals surface area contributed by atoms with Crippen molar-refractivity contribution in [1.82, 2.24) is 5.32 Å². The normalized spacial score (nSPS) is 23.1. The molecule has 1 atom stereocenters. The Kier molecular flexibility index (Phi) is 3.11. The topological polar surface area (TPSA) is 44.6 Å². The van der Waals surface area contributed by atoms with Gasteiger partial charge in [-0.1, -0.05) is 6.92 Å². The number of allylic oxidation sites excluding steroid dienone is 1. The molecular weight excluding hydrogens is 140 g/mol. The van der Waals surface area contributed by atoms with Crippen molar-refractivity contribution in [3.63, 3.8) is 0 Å². The lowest BCUT2D eigenvalue weighted by molar-refractivity contribution is 0.209. The van der Waals surface area contributed by atoms with Crippen LogP contribution in [0.1, 0.15) is 13.3 Å². The van der Waals surface area contributed by atoms with E-state index in [0.717, 1.165) is 18.7 Å². The van der Waals surface area contributed by atoms with Crippen LogP contribution in [0.5, 0.6) is 0 Å². The third-order valence-corrected chi connectivity index (χ3v) is 1.58. The molecule has 1 aliphatic heterocycles. The maximum atomic E-state index is 9.35. The highest BCUT2D eigenvalue weighted by molar-refractivity contribution is 5.73. The third-order valence-electron chi connectivity index (χ3n) is 1.58. The third kappa shape index (κ3) is 2.35. The van der Waals surface area contributed by atoms with Crippen molar-refractivity contribution in [2.75, 3.05) is 13.1 Å². The second-order valence-electron chi connectivity index (χ2n) is 2.58. The zero-order valence-corrected chi connectivity index (χ0v) is 6.75. The molecule has 0 spiro atoms. The van der Waals surface area contributed by atoms with Crippen molar-refractivity contribution in [2.45, 2.75) is 19.4 Å². The first-order valence-electron chi connectivity index (χ1n) is 3.96. The zero-order chi connectivity index (χ0) is 8.10. The number of aliphatic imine (C=N–C) groups is 1. The van der Waals surface area contributed by atoms with Crippen LogP contribution in [0.25, 0.3) is 0 Å². The summed E-state index contributed by atoms with van der Waals surface area (Å²) in [4.78, 5) is 3.93. The van der Waals surface area contributed by atoms with Gasteiger partial charge in [-0.15, -0.1) is 0 Å². The van der Waals surface area contributed by atoms with Crippen molar-refractivity contribution in [3.8, 4) is 0 Å². The molecule has 0 aromatic carbocycles. The summed E-state index contributed by atoms with van der Waals surface area (Å²) in [5.74, 6) is 0. The predicted molar refractivity (Wildman–Crippen MR) is 45.7 cm³/mol. The van der Waals surface area contributed by atoms with E-state index in [1.165, 1.54) is 0 Å². The lowest BCUT2D eigenvalue weighted by Crippen LogP contribution is -2.28. The molecular formula is C8H14N2O. The zero-order valence-electron chi connectivity index (χ0n) is 6.75. The molecule has 0 aliphatic carbocycles. The molecule has 0 aromatic rings. The van der Waals surface area contributed by atoms with E-state index >= 15 is 0 Å². The van der Waals surface area contributed by atoms with Gasteiger partial charge < -0.3 is 10.4 Å². The van der Waals surface area contributed by atoms with Crippen LogP contribution in [0.15, 0.2) is 16.8 Å². The van der Waals surface area contributed by atoms with Crippen molar-refractivity contribution in [1.29, 1.82) is 0 Å². The van der Waals surface area contributed by atoms with Crippen LogP contribution in [-0.4, -0.2) is 30.5 Å². The van der Waals surface area contributed by atoms with Crippen molar-refractivity contribution < 1.29 is 5.11 Å². The minimum atomic E-state index is -0.424. The van der Waals surface area contributed by atoms with Crippen LogP contribution >= 0.6 is 0 Å². The van der Waals surface area contributed by atoms with Crippen LogP contribution in [0.3, 0.4) is 0 Å². The SMILES string of the molecule is CCCNC1=CC=NCC1O. The van der Waals surface area contributed by atoms with E-state index in [0.29, 0.717) is 6.54 Å². The molecule has 2 N–H and O–H groups in total. The molecule has 62 valence electrons. The fourth-order valence-electron chi connectivity index (χ4n) is 0.949. The highest BCUT2D eigenvalue weighted by Crippen LogP contribution is 2.02. The Balaban J connectivity index is 2.40. The summed E-state index contributed by atoms with van der Waals surface area (Å²) in [7, 11) is 0. The first kappa shape index (κ1) is 8.27. The molecule has 0 saturated heterocycles. The predicted octanol–water partition coefficient (Wildman–Crippen LogP) is 0.315. The van der Waals surface area contributed by atoms with Crippen molar-refractivity contribution in [3.05, 3.63) is 11.8 Å². The van der Waals surface area contributed by atoms with Gasteiger partial charge in [-0.2, -0.15) is 0 Å². The fraction of sp³-hybridized carbons (Fsp3) is 0.625. The van der Waals surface area contributed by atoms with Crippen LogP contribution < -0.4 is 5.32 Å². The number of aliphatic hydroxyl groups is 1. The molecule has 1 heterocycles. The molecule has 3 nitrogen and oxygen atoms in total. The van der Waals surface area contributed by atoms with E-state index in [9.17, 15) is 5.11 Å². The first-order chi connectivity index (χ1) is 5.34. The smallest absolute Gasteiger partial charge is 0.113 e. The monoisotopic (exact) mass is 154 g/mol. The molecule has 1 aliphatic rings. The Morgan fingerprint density at radius 1 is 1.82 bits per heavy atom. The Morgan fingerprint density at radius 3 is 3.27 bits per heavy atom. The lowest BCUT2D eigenvalue weighted by Gasteiger charge is -2.16. The van der Waals surface area contributed by atoms with E-state index in [4.69, 9.17) is 0 Å². The molecule has 11 heavy (non-hydrogen) atoms. The molecule has 0 fully saturated rings. The second-order valence-corrected chi connectivity index (χ2v) is 2.58. The first-order valence-corrected chi connectivity index (χ1v) is 3.96. The van der Waals surface area contributed by atoms with Gasteiger partial charge in [-0.3, -0.25) is 4.99 Å². The number of nitrogens with one attached hydrogen (secondary N) is 1. The Bertz CT molecular complexity index is 175. The van der Waals surface area contributed by atoms with Crippen molar-refractivity contribution in [2.24, 2.45) is 4.99 Å². The standard InChI is InChI=1S/C8H14N2O/c1-2-4-10-7-3-5-9-6-8(7)11/h3,5,8,10-11H,2,4,6H2,1H3. The van der Waals surface area contributed by atoms with E-state index < -0.39 is 6.10 Å². The quantitative estimate of drug-likeness (QED) is 0.614. The highest BCUT2D eigenvalue weighted by atomic mass is 16.3. The fourth-order valence-corrected chi connectivity index (χ4v) is 0.949. The number of nitrogens with zero attached hydrogens (tertiary/aromatic N) is 1. The minimum absolute atomic E-state index is 0.424. The maximum Gasteiger partial charge on any atom is 0.113 e. The summed E-state index contributed by atoms with van der Waals surface area (Å²) in [5, 5.41) is 12.5. The lowest BCUT2D eigenvalue weighted by atomic mass is 10.2. The summed E-state index contributed by atoms with van der Waals surface area (Å²) in [6.45, 7) is 3.50. The minimum Gasteiger partial charge on any atom is -0.386 e. The maximum absolute atomic E-state index is 9.35. The number of dihydropyridines is 1. The van der Waals surface area contributed by atoms with Crippen LogP contribution in [0, 0.1) is 0 Å². The van der Waals surface area contributed by atoms with E-state index in [1.54, 1.807) is 6.21 Å². The second kappa shape index (κ2) is 4.13. The molecule has 0 radical (unpaired) electrons. The molecule has 0 amide bonds. The van der Waals surface area contributed by atoms with Crippen LogP contribution in [0.2, 0.25) is 0 Å². The molecule has 3 heteroatoms. The largest absolute Gasteiger partial charge is 0.386 e. The van der Waals surface area contributed by atoms with Crippen LogP contribution in [-0.2, 0) is 0 Å². The summed E-state index contributed by atoms with van der Waals surface area (Å²) >= 11 is 0. The average Bonchev–Trinajstić information content (AvgIpc) is 2.03. The molecule has 0 aromatic heterocycles. The van der Waals surface area contributed by atoms with E-state index in [1.807, 2.05) is 6.08 Å². The van der Waals surface area contributed by atoms with Gasteiger partial charge in [0.25, 0.3) is 0 Å². The summed E-state index contributed by atoms with van der Waals surface area (Å²) in [5.41, 5.74) is 0.891. The Hall–Kier alpha value is -0.830. The number of rotatable bonds is 3. The Labute approximate surface area is 66.8 Å². The van der Waals surface area contributed by atoms with Gasteiger partial charge in [0.05, 0.1) is 6.54 Å². The summed E-state index contributed by atoms with van der Waals surface area (Å²) < 4.78 is 0. The molecule has 1 rings (SSSR count). The van der Waals surface area contributed by atoms with Crippen LogP contribution in [0.4, 0.5) is 0 Å². The van der Waals surface area contributed by atoms with Gasteiger partial charge in [-0.25, -0.2) is 0 Å². The van der Waals surface area contributed by atoms with Gasteiger partial charge in [0.2, 0.25) is 0 Å². The average molecular weight is 154 g/mol. The summed E-state index contributed by atoms with van der Waals surface area (Å²) in [6.07, 6.45) is 4.20. The summed E-state index contributed by atoms with van der Waals surface area (Å²) in [6, 6.07) is 0. The van der Waals surface area contributed by atoms with E-state index in [2.05, 4.69) is 17.2 Å². The van der Waals surface area contributed by atoms with Crippen molar-refractivity contribution >= 4 is 6.21 Å². The highest BCUT2D eigenvalue weighted by Gasteiger charge is 2.10. The van der Waals surface area contributed by atoms with Gasteiger partial charge in [0.1, 0.15) is 6.10 Å². The molecule has 1 unspecified atom stereocenters. The number of hydrogen-bond donors (Lipinski definition) is 2. The molecule has 0 bridgehead atoms. The number of aliphatic hydroxyl groups excluding tert-OH is 1. The van der Waals surface area contributed by atoms with Gasteiger partial charge >= 0.3 is 0 Å². The molecule has 0 saturated carbocycles. The van der Waals surface area contributed by atoms with E-state index in [-0.39, 0.29) is 0 Å².